The summed E-state index contributed by atoms with van der Waals surface area (Å²) in [6.07, 6.45) is 1.57. The molecule has 0 saturated carbocycles. The van der Waals surface area contributed by atoms with Crippen molar-refractivity contribution in [1.82, 2.24) is 15.3 Å². The third-order valence-corrected chi connectivity index (χ3v) is 2.42. The number of nitrogens with two attached hydrogens (primary N) is 1. The predicted molar refractivity (Wildman–Crippen MR) is 75.7 cm³/mol. The molecule has 0 radical (unpaired) electrons. The van der Waals surface area contributed by atoms with E-state index >= 15 is 0 Å². The van der Waals surface area contributed by atoms with Crippen molar-refractivity contribution < 1.29 is 9.53 Å². The van der Waals surface area contributed by atoms with Crippen LogP contribution in [0.25, 0.3) is 0 Å². The number of nitrogens with one attached hydrogen (secondary N) is 2. The molecule has 0 bridgehead atoms. The standard InChI is InChI=1S/C13H15N5O2/c1-15-12(19)8-20-10-4-2-3-9(7-10)17-13-16-6-5-11(14)18-13/h2-7H,8H2,1H3,(H,15,19)(H3,14,16,17,18). The van der Waals surface area contributed by atoms with Gasteiger partial charge in [-0.1, -0.05) is 6.07 Å². The number of amides is 1. The zero-order valence-electron chi connectivity index (χ0n) is 11.0. The summed E-state index contributed by atoms with van der Waals surface area (Å²) >= 11 is 0. The lowest BCUT2D eigenvalue weighted by atomic mass is 10.3. The van der Waals surface area contributed by atoms with Gasteiger partial charge in [0.15, 0.2) is 6.61 Å². The maximum atomic E-state index is 11.1. The highest BCUT2D eigenvalue weighted by Gasteiger charge is 2.02. The molecule has 4 N–H and O–H groups in total. The summed E-state index contributed by atoms with van der Waals surface area (Å²) in [4.78, 5) is 19.2. The summed E-state index contributed by atoms with van der Waals surface area (Å²) < 4.78 is 5.34. The summed E-state index contributed by atoms with van der Waals surface area (Å²) in [7, 11) is 1.56. The smallest absolute Gasteiger partial charge is 0.257 e. The van der Waals surface area contributed by atoms with Crippen molar-refractivity contribution in [3.05, 3.63) is 36.5 Å². The van der Waals surface area contributed by atoms with Gasteiger partial charge in [0, 0.05) is 25.0 Å². The van der Waals surface area contributed by atoms with Crippen LogP contribution < -0.4 is 21.1 Å². The molecule has 0 saturated heterocycles. The maximum Gasteiger partial charge on any atom is 0.257 e. The SMILES string of the molecule is CNC(=O)COc1cccc(Nc2nccc(N)n2)c1. The van der Waals surface area contributed by atoms with E-state index in [1.54, 1.807) is 37.5 Å². The molecule has 1 aromatic carbocycles. The fourth-order valence-corrected chi connectivity index (χ4v) is 1.45. The van der Waals surface area contributed by atoms with Gasteiger partial charge in [-0.2, -0.15) is 4.98 Å². The van der Waals surface area contributed by atoms with Crippen LogP contribution in [0, 0.1) is 0 Å². The quantitative estimate of drug-likeness (QED) is 0.749. The molecule has 0 atom stereocenters. The number of benzene rings is 1. The number of nitrogens with zero attached hydrogens (tertiary/aromatic N) is 2. The number of anilines is 3. The predicted octanol–water partition coefficient (Wildman–Crippen LogP) is 0.927. The molecule has 7 nitrogen and oxygen atoms in total. The molecule has 20 heavy (non-hydrogen) atoms. The zero-order chi connectivity index (χ0) is 14.4. The molecule has 0 fully saturated rings. The number of carbonyl (C=O) groups excluding carboxylic acids is 1. The lowest BCUT2D eigenvalue weighted by Crippen LogP contribution is -2.24. The Kier molecular flexibility index (Phi) is 4.33. The largest absolute Gasteiger partial charge is 0.484 e. The van der Waals surface area contributed by atoms with E-state index in [-0.39, 0.29) is 12.5 Å². The lowest BCUT2D eigenvalue weighted by Gasteiger charge is -2.08. The summed E-state index contributed by atoms with van der Waals surface area (Å²) in [5, 5.41) is 5.49. The van der Waals surface area contributed by atoms with E-state index in [1.165, 1.54) is 0 Å². The van der Waals surface area contributed by atoms with Crippen molar-refractivity contribution in [2.45, 2.75) is 0 Å². The lowest BCUT2D eigenvalue weighted by molar-refractivity contribution is -0.122. The van der Waals surface area contributed by atoms with Crippen molar-refractivity contribution in [3.8, 4) is 5.75 Å². The Morgan fingerprint density at radius 1 is 1.40 bits per heavy atom. The van der Waals surface area contributed by atoms with Crippen LogP contribution in [0.15, 0.2) is 36.5 Å². The maximum absolute atomic E-state index is 11.1. The van der Waals surface area contributed by atoms with E-state index in [4.69, 9.17) is 10.5 Å². The number of rotatable bonds is 5. The topological polar surface area (TPSA) is 102 Å². The number of likely N-dealkylation sites (N-methyl/N-ethyl adjacent to an activating group) is 1. The third-order valence-electron chi connectivity index (χ3n) is 2.42. The molecule has 2 rings (SSSR count). The van der Waals surface area contributed by atoms with Crippen LogP contribution in [-0.4, -0.2) is 29.5 Å². The monoisotopic (exact) mass is 273 g/mol. The second kappa shape index (κ2) is 6.37. The van der Waals surface area contributed by atoms with E-state index in [0.717, 1.165) is 5.69 Å². The van der Waals surface area contributed by atoms with Crippen molar-refractivity contribution in [2.75, 3.05) is 24.7 Å². The van der Waals surface area contributed by atoms with E-state index in [2.05, 4.69) is 20.6 Å². The first-order chi connectivity index (χ1) is 9.67. The number of carbonyl (C=O) groups is 1. The van der Waals surface area contributed by atoms with E-state index in [1.807, 2.05) is 6.07 Å². The van der Waals surface area contributed by atoms with Crippen LogP contribution in [0.4, 0.5) is 17.5 Å². The molecule has 0 aliphatic rings. The Hall–Kier alpha value is -2.83. The number of ether oxygens (including phenoxy) is 1. The highest BCUT2D eigenvalue weighted by Crippen LogP contribution is 2.19. The van der Waals surface area contributed by atoms with E-state index in [0.29, 0.717) is 17.5 Å². The minimum absolute atomic E-state index is 0.0330. The van der Waals surface area contributed by atoms with Gasteiger partial charge >= 0.3 is 0 Å². The molecule has 0 spiro atoms. The second-order valence-electron chi connectivity index (χ2n) is 3.92. The fraction of sp³-hybridized carbons (Fsp3) is 0.154. The third kappa shape index (κ3) is 3.84. The highest BCUT2D eigenvalue weighted by molar-refractivity contribution is 5.77. The Balaban J connectivity index is 2.04. The molecule has 1 amide bonds. The molecule has 1 aromatic heterocycles. The summed E-state index contributed by atoms with van der Waals surface area (Å²) in [5.74, 6) is 1.16. The molecule has 7 heteroatoms. The molecule has 2 aromatic rings. The van der Waals surface area contributed by atoms with Gasteiger partial charge < -0.3 is 21.1 Å². The highest BCUT2D eigenvalue weighted by atomic mass is 16.5. The first kappa shape index (κ1) is 13.6. The molecular formula is C13H15N5O2. The van der Waals surface area contributed by atoms with Crippen LogP contribution in [0.5, 0.6) is 5.75 Å². The second-order valence-corrected chi connectivity index (χ2v) is 3.92. The summed E-state index contributed by atoms with van der Waals surface area (Å²) in [6.45, 7) is -0.0330. The molecular weight excluding hydrogens is 258 g/mol. The summed E-state index contributed by atoms with van der Waals surface area (Å²) in [5.41, 5.74) is 6.32. The first-order valence-corrected chi connectivity index (χ1v) is 5.96. The first-order valence-electron chi connectivity index (χ1n) is 5.96. The van der Waals surface area contributed by atoms with Crippen molar-refractivity contribution in [1.29, 1.82) is 0 Å². The number of hydrogen-bond acceptors (Lipinski definition) is 6. The minimum Gasteiger partial charge on any atom is -0.484 e. The van der Waals surface area contributed by atoms with Gasteiger partial charge in [0.1, 0.15) is 11.6 Å². The molecule has 0 unspecified atom stereocenters. The van der Waals surface area contributed by atoms with Gasteiger partial charge in [-0.3, -0.25) is 4.79 Å². The van der Waals surface area contributed by atoms with Gasteiger partial charge in [-0.25, -0.2) is 4.98 Å². The van der Waals surface area contributed by atoms with Crippen LogP contribution >= 0.6 is 0 Å². The average Bonchev–Trinajstić information content (AvgIpc) is 2.45. The van der Waals surface area contributed by atoms with Crippen LogP contribution in [-0.2, 0) is 4.79 Å². The van der Waals surface area contributed by atoms with Crippen molar-refractivity contribution >= 4 is 23.4 Å². The minimum atomic E-state index is -0.192. The Labute approximate surface area is 116 Å². The number of hydrogen-bond donors (Lipinski definition) is 3. The van der Waals surface area contributed by atoms with Gasteiger partial charge in [0.2, 0.25) is 5.95 Å². The number of aromatic nitrogens is 2. The van der Waals surface area contributed by atoms with Crippen molar-refractivity contribution in [2.24, 2.45) is 0 Å². The van der Waals surface area contributed by atoms with E-state index in [9.17, 15) is 4.79 Å². The van der Waals surface area contributed by atoms with Crippen LogP contribution in [0.3, 0.4) is 0 Å². The van der Waals surface area contributed by atoms with E-state index < -0.39 is 0 Å². The average molecular weight is 273 g/mol. The summed E-state index contributed by atoms with van der Waals surface area (Å²) in [6, 6.07) is 8.74. The Morgan fingerprint density at radius 3 is 3.00 bits per heavy atom. The molecule has 1 heterocycles. The molecule has 0 aliphatic heterocycles. The normalized spacial score (nSPS) is 9.85. The van der Waals surface area contributed by atoms with Crippen LogP contribution in [0.1, 0.15) is 0 Å². The van der Waals surface area contributed by atoms with Gasteiger partial charge in [0.25, 0.3) is 5.91 Å². The zero-order valence-corrected chi connectivity index (χ0v) is 11.0. The Bertz CT molecular complexity index is 603. The Morgan fingerprint density at radius 2 is 2.25 bits per heavy atom. The van der Waals surface area contributed by atoms with Gasteiger partial charge in [0.05, 0.1) is 0 Å². The molecule has 0 aliphatic carbocycles. The van der Waals surface area contributed by atoms with Crippen molar-refractivity contribution in [3.63, 3.8) is 0 Å². The fourth-order valence-electron chi connectivity index (χ4n) is 1.45. The van der Waals surface area contributed by atoms with Gasteiger partial charge in [-0.15, -0.1) is 0 Å². The number of nitrogen functional groups attached to an aromatic ring is 1. The van der Waals surface area contributed by atoms with Crippen LogP contribution in [0.2, 0.25) is 0 Å². The van der Waals surface area contributed by atoms with Gasteiger partial charge in [-0.05, 0) is 18.2 Å². The molecule has 104 valence electrons.